The van der Waals surface area contributed by atoms with Crippen LogP contribution in [0.1, 0.15) is 10.4 Å². The van der Waals surface area contributed by atoms with E-state index < -0.39 is 10.8 Å². The van der Waals surface area contributed by atoms with Gasteiger partial charge in [-0.15, -0.1) is 0 Å². The summed E-state index contributed by atoms with van der Waals surface area (Å²) in [7, 11) is 0. The van der Waals surface area contributed by atoms with Crippen LogP contribution in [0.4, 0.5) is 5.69 Å². The van der Waals surface area contributed by atoms with E-state index in [4.69, 9.17) is 5.73 Å². The summed E-state index contributed by atoms with van der Waals surface area (Å²) in [6, 6.07) is 4.21. The highest BCUT2D eigenvalue weighted by Gasteiger charge is 2.16. The number of hydrogen-bond donors (Lipinski definition) is 1. The van der Waals surface area contributed by atoms with Gasteiger partial charge in [-0.05, 0) is 28.7 Å². The highest BCUT2D eigenvalue weighted by molar-refractivity contribution is 14.1. The SMILES string of the molecule is NC(=O)c1cccc([N+](=O)[O-])c1I. The van der Waals surface area contributed by atoms with Crippen molar-refractivity contribution in [1.29, 1.82) is 0 Å². The molecule has 1 aromatic carbocycles. The predicted molar refractivity (Wildman–Crippen MR) is 54.3 cm³/mol. The number of amides is 1. The second kappa shape index (κ2) is 3.69. The lowest BCUT2D eigenvalue weighted by atomic mass is 10.2. The van der Waals surface area contributed by atoms with Crippen LogP contribution in [0.5, 0.6) is 0 Å². The molecule has 13 heavy (non-hydrogen) atoms. The molecule has 1 amide bonds. The van der Waals surface area contributed by atoms with Gasteiger partial charge in [-0.25, -0.2) is 0 Å². The number of halogens is 1. The molecule has 0 aliphatic carbocycles. The van der Waals surface area contributed by atoms with E-state index in [2.05, 4.69) is 0 Å². The lowest BCUT2D eigenvalue weighted by Gasteiger charge is -1.99. The predicted octanol–water partition coefficient (Wildman–Crippen LogP) is 1.30. The van der Waals surface area contributed by atoms with Crippen molar-refractivity contribution in [1.82, 2.24) is 0 Å². The monoisotopic (exact) mass is 292 g/mol. The molecule has 0 aliphatic rings. The summed E-state index contributed by atoms with van der Waals surface area (Å²) in [6.45, 7) is 0. The molecule has 0 spiro atoms. The summed E-state index contributed by atoms with van der Waals surface area (Å²) >= 11 is 1.73. The largest absolute Gasteiger partial charge is 0.366 e. The lowest BCUT2D eigenvalue weighted by molar-refractivity contribution is -0.385. The van der Waals surface area contributed by atoms with Crippen LogP contribution in [0.15, 0.2) is 18.2 Å². The topological polar surface area (TPSA) is 86.2 Å². The van der Waals surface area contributed by atoms with Gasteiger partial charge in [0.15, 0.2) is 0 Å². The number of carbonyl (C=O) groups is 1. The first-order valence-corrected chi connectivity index (χ1v) is 4.34. The third-order valence-electron chi connectivity index (χ3n) is 1.44. The summed E-state index contributed by atoms with van der Waals surface area (Å²) in [6.07, 6.45) is 0. The van der Waals surface area contributed by atoms with Gasteiger partial charge in [0.25, 0.3) is 5.69 Å². The van der Waals surface area contributed by atoms with Crippen LogP contribution in [0.2, 0.25) is 0 Å². The standard InChI is InChI=1S/C7H5IN2O3/c8-6-4(7(9)11)2-1-3-5(6)10(12)13/h1-3H,(H2,9,11). The first-order chi connectivity index (χ1) is 6.04. The molecular weight excluding hydrogens is 287 g/mol. The number of nitrogens with two attached hydrogens (primary N) is 1. The van der Waals surface area contributed by atoms with Gasteiger partial charge in [-0.3, -0.25) is 14.9 Å². The van der Waals surface area contributed by atoms with Crippen molar-refractivity contribution >= 4 is 34.2 Å². The van der Waals surface area contributed by atoms with Crippen molar-refractivity contribution in [2.24, 2.45) is 5.73 Å². The average Bonchev–Trinajstić information content (AvgIpc) is 2.03. The van der Waals surface area contributed by atoms with E-state index in [1.165, 1.54) is 18.2 Å². The van der Waals surface area contributed by atoms with Crippen molar-refractivity contribution < 1.29 is 9.72 Å². The molecule has 0 unspecified atom stereocenters. The van der Waals surface area contributed by atoms with Crippen LogP contribution in [0.3, 0.4) is 0 Å². The van der Waals surface area contributed by atoms with Gasteiger partial charge in [-0.1, -0.05) is 6.07 Å². The quantitative estimate of drug-likeness (QED) is 0.506. The lowest BCUT2D eigenvalue weighted by Crippen LogP contribution is -2.13. The Morgan fingerprint density at radius 1 is 1.54 bits per heavy atom. The molecule has 0 radical (unpaired) electrons. The Morgan fingerprint density at radius 2 is 2.15 bits per heavy atom. The Balaban J connectivity index is 3.35. The zero-order valence-electron chi connectivity index (χ0n) is 6.36. The van der Waals surface area contributed by atoms with Crippen LogP contribution >= 0.6 is 22.6 Å². The smallest absolute Gasteiger partial charge is 0.283 e. The van der Waals surface area contributed by atoms with Gasteiger partial charge < -0.3 is 5.73 Å². The molecule has 0 fully saturated rings. The number of rotatable bonds is 2. The fourth-order valence-electron chi connectivity index (χ4n) is 0.851. The zero-order chi connectivity index (χ0) is 10.0. The molecule has 5 nitrogen and oxygen atoms in total. The maximum absolute atomic E-state index is 10.8. The zero-order valence-corrected chi connectivity index (χ0v) is 8.52. The van der Waals surface area contributed by atoms with Gasteiger partial charge in [0.1, 0.15) is 3.57 Å². The van der Waals surface area contributed by atoms with Gasteiger partial charge in [0, 0.05) is 6.07 Å². The van der Waals surface area contributed by atoms with Crippen LogP contribution < -0.4 is 5.73 Å². The number of nitro groups is 1. The van der Waals surface area contributed by atoms with Gasteiger partial charge in [0.2, 0.25) is 5.91 Å². The number of primary amides is 1. The Kier molecular flexibility index (Phi) is 2.81. The maximum atomic E-state index is 10.8. The first kappa shape index (κ1) is 9.90. The number of carbonyl (C=O) groups excluding carboxylic acids is 1. The van der Waals surface area contributed by atoms with Crippen molar-refractivity contribution in [3.8, 4) is 0 Å². The molecule has 68 valence electrons. The molecule has 2 N–H and O–H groups in total. The molecule has 6 heteroatoms. The molecule has 0 aliphatic heterocycles. The Morgan fingerprint density at radius 3 is 2.62 bits per heavy atom. The number of nitro benzene ring substituents is 1. The van der Waals surface area contributed by atoms with E-state index >= 15 is 0 Å². The summed E-state index contributed by atoms with van der Waals surface area (Å²) in [5.41, 5.74) is 5.09. The highest BCUT2D eigenvalue weighted by atomic mass is 127. The molecule has 0 aromatic heterocycles. The molecular formula is C7H5IN2O3. The molecule has 0 saturated heterocycles. The molecule has 1 rings (SSSR count). The van der Waals surface area contributed by atoms with E-state index in [1.807, 2.05) is 0 Å². The number of hydrogen-bond acceptors (Lipinski definition) is 3. The van der Waals surface area contributed by atoms with Crippen LogP contribution in [-0.4, -0.2) is 10.8 Å². The third kappa shape index (κ3) is 1.94. The summed E-state index contributed by atoms with van der Waals surface area (Å²) in [5, 5.41) is 10.4. The Labute approximate surface area is 87.2 Å². The summed E-state index contributed by atoms with van der Waals surface area (Å²) < 4.78 is 0.276. The van der Waals surface area contributed by atoms with Gasteiger partial charge in [-0.2, -0.15) is 0 Å². The fourth-order valence-corrected chi connectivity index (χ4v) is 1.67. The first-order valence-electron chi connectivity index (χ1n) is 3.26. The Bertz CT molecular complexity index is 346. The second-order valence-electron chi connectivity index (χ2n) is 2.26. The van der Waals surface area contributed by atoms with E-state index in [1.54, 1.807) is 22.6 Å². The van der Waals surface area contributed by atoms with Crippen molar-refractivity contribution in [2.75, 3.05) is 0 Å². The fraction of sp³-hybridized carbons (Fsp3) is 0. The number of benzene rings is 1. The van der Waals surface area contributed by atoms with Crippen LogP contribution in [-0.2, 0) is 0 Å². The summed E-state index contributed by atoms with van der Waals surface area (Å²) in [4.78, 5) is 20.7. The molecule has 0 heterocycles. The van der Waals surface area contributed by atoms with E-state index in [0.717, 1.165) is 0 Å². The minimum atomic E-state index is -0.659. The van der Waals surface area contributed by atoms with Gasteiger partial charge >= 0.3 is 0 Å². The maximum Gasteiger partial charge on any atom is 0.283 e. The second-order valence-corrected chi connectivity index (χ2v) is 3.34. The minimum Gasteiger partial charge on any atom is -0.366 e. The minimum absolute atomic E-state index is 0.100. The van der Waals surface area contributed by atoms with E-state index in [9.17, 15) is 14.9 Å². The highest BCUT2D eigenvalue weighted by Crippen LogP contribution is 2.23. The summed E-state index contributed by atoms with van der Waals surface area (Å²) in [5.74, 6) is -0.659. The average molecular weight is 292 g/mol. The van der Waals surface area contributed by atoms with Crippen molar-refractivity contribution in [3.63, 3.8) is 0 Å². The molecule has 1 aromatic rings. The van der Waals surface area contributed by atoms with Crippen molar-refractivity contribution in [3.05, 3.63) is 37.4 Å². The van der Waals surface area contributed by atoms with Gasteiger partial charge in [0.05, 0.1) is 10.5 Å². The molecule has 0 bridgehead atoms. The third-order valence-corrected chi connectivity index (χ3v) is 2.57. The number of nitrogens with zero attached hydrogens (tertiary/aromatic N) is 1. The van der Waals surface area contributed by atoms with Crippen molar-refractivity contribution in [2.45, 2.75) is 0 Å². The van der Waals surface area contributed by atoms with E-state index in [-0.39, 0.29) is 14.8 Å². The molecule has 0 atom stereocenters. The van der Waals surface area contributed by atoms with Crippen LogP contribution in [0, 0.1) is 13.7 Å². The normalized spacial score (nSPS) is 9.62. The van der Waals surface area contributed by atoms with E-state index in [0.29, 0.717) is 0 Å². The Hall–Kier alpha value is -1.18. The van der Waals surface area contributed by atoms with Crippen LogP contribution in [0.25, 0.3) is 0 Å². The molecule has 0 saturated carbocycles.